The van der Waals surface area contributed by atoms with Crippen molar-refractivity contribution in [1.82, 2.24) is 0 Å². The zero-order valence-corrected chi connectivity index (χ0v) is 4.46. The molecule has 0 atom stereocenters. The predicted molar refractivity (Wildman–Crippen MR) is 9.42 cm³/mol. The van der Waals surface area contributed by atoms with Gasteiger partial charge in [0.05, 0.1) is 0 Å². The first-order chi connectivity index (χ1) is 0. The Labute approximate surface area is 61.5 Å². The van der Waals surface area contributed by atoms with Crippen LogP contribution in [0.15, 0.2) is 0 Å². The van der Waals surface area contributed by atoms with E-state index < -0.39 is 0 Å². The summed E-state index contributed by atoms with van der Waals surface area (Å²) in [5, 5.41) is 0. The first-order valence-corrected chi connectivity index (χ1v) is 0. The number of hydrogen-bond donors (Lipinski definition) is 0. The van der Waals surface area contributed by atoms with Gasteiger partial charge in [0.25, 0.3) is 0 Å². The molecule has 0 rings (SSSR count). The van der Waals surface area contributed by atoms with E-state index in [-0.39, 0.29) is 61.8 Å². The van der Waals surface area contributed by atoms with Crippen molar-refractivity contribution in [3.8, 4) is 0 Å². The van der Waals surface area contributed by atoms with E-state index in [1.807, 2.05) is 0 Å². The van der Waals surface area contributed by atoms with Crippen molar-refractivity contribution >= 4 is 0 Å². The van der Waals surface area contributed by atoms with E-state index in [0.717, 1.165) is 0 Å². The summed E-state index contributed by atoms with van der Waals surface area (Å²) in [4.78, 5) is 0. The monoisotopic (exact) mass is 227 g/mol. The second-order valence-electron chi connectivity index (χ2n) is 0. The molecule has 0 spiro atoms. The minimum absolute atomic E-state index is 0. The van der Waals surface area contributed by atoms with Gasteiger partial charge in [-0.3, -0.25) is 0 Å². The molecule has 5 heavy (non-hydrogen) atoms. The normalized spacial score (nSPS) is 0. The van der Waals surface area contributed by atoms with Crippen molar-refractivity contribution in [3.63, 3.8) is 0 Å². The van der Waals surface area contributed by atoms with Crippen LogP contribution in [0.5, 0.6) is 0 Å². The van der Waals surface area contributed by atoms with Gasteiger partial charge in [-0.1, -0.05) is 0 Å². The summed E-state index contributed by atoms with van der Waals surface area (Å²) in [5.41, 5.74) is 0. The minimum atomic E-state index is 0. The Bertz CT molecular complexity index is 3.61. The van der Waals surface area contributed by atoms with E-state index in [0.29, 0.717) is 0 Å². The maximum atomic E-state index is 0. The second-order valence-corrected chi connectivity index (χ2v) is 0. The molecule has 0 unspecified atom stereocenters. The molecule has 4 nitrogen and oxygen atoms in total. The Morgan fingerprint density at radius 2 is 0.600 bits per heavy atom. The summed E-state index contributed by atoms with van der Waals surface area (Å²) in [6.07, 6.45) is 0. The van der Waals surface area contributed by atoms with Crippen LogP contribution in [0.25, 0.3) is 0 Å². The van der Waals surface area contributed by atoms with E-state index in [9.17, 15) is 0 Å². The van der Waals surface area contributed by atoms with Crippen LogP contribution in [0.2, 0.25) is 0 Å². The molecule has 5 heteroatoms. The standard InChI is InChI=1S/Gd.4H2O/h;4*1H2/q+3;;;;/p-3. The van der Waals surface area contributed by atoms with Gasteiger partial charge in [0.2, 0.25) is 0 Å². The first-order valence-electron chi connectivity index (χ1n) is 0. The molecule has 0 aliphatic heterocycles. The molecule has 37 valence electrons. The van der Waals surface area contributed by atoms with Gasteiger partial charge in [-0.05, 0) is 0 Å². The molecule has 0 fully saturated rings. The Morgan fingerprint density at radius 1 is 0.600 bits per heavy atom. The molecule has 0 bridgehead atoms. The van der Waals surface area contributed by atoms with Gasteiger partial charge in [0, 0.05) is 0 Å². The molecule has 5 N–H and O–H groups in total. The molecular weight excluding hydrogens is 221 g/mol. The second kappa shape index (κ2) is 66.0. The number of hydrogen-bond acceptors (Lipinski definition) is 3. The van der Waals surface area contributed by atoms with Gasteiger partial charge in [-0.2, -0.15) is 0 Å². The van der Waals surface area contributed by atoms with Gasteiger partial charge in [-0.15, -0.1) is 0 Å². The van der Waals surface area contributed by atoms with Crippen molar-refractivity contribution in [1.29, 1.82) is 0 Å². The minimum Gasteiger partial charge on any atom is -0.870 e. The molecule has 0 saturated carbocycles. The van der Waals surface area contributed by atoms with Gasteiger partial charge in [-0.25, -0.2) is 0 Å². The Kier molecular flexibility index (Phi) is 1600. The van der Waals surface area contributed by atoms with Crippen LogP contribution >= 0.6 is 0 Å². The van der Waals surface area contributed by atoms with Crippen LogP contribution in [-0.2, 0) is 0 Å². The quantitative estimate of drug-likeness (QED) is 0.507. The van der Waals surface area contributed by atoms with E-state index in [2.05, 4.69) is 0 Å². The molecule has 0 aromatic rings. The summed E-state index contributed by atoms with van der Waals surface area (Å²) >= 11 is 0. The van der Waals surface area contributed by atoms with Gasteiger partial charge in [0.1, 0.15) is 0 Å². The molecule has 0 aromatic carbocycles. The topological polar surface area (TPSA) is 122 Å². The van der Waals surface area contributed by atoms with Crippen LogP contribution in [-0.4, -0.2) is 21.9 Å². The molecule has 0 heterocycles. The zero-order chi connectivity index (χ0) is 0. The predicted octanol–water partition coefficient (Wildman–Crippen LogP) is -1.36. The average Bonchev–Trinajstić information content (AvgIpc) is 0. The third kappa shape index (κ3) is 38.1. The van der Waals surface area contributed by atoms with Crippen LogP contribution in [0.1, 0.15) is 0 Å². The Morgan fingerprint density at radius 3 is 0.600 bits per heavy atom. The van der Waals surface area contributed by atoms with Crippen molar-refractivity contribution in [2.45, 2.75) is 0 Å². The van der Waals surface area contributed by atoms with E-state index in [1.165, 1.54) is 0 Å². The van der Waals surface area contributed by atoms with E-state index >= 15 is 0 Å². The first kappa shape index (κ1) is 121. The summed E-state index contributed by atoms with van der Waals surface area (Å²) in [6.45, 7) is 0. The third-order valence-corrected chi connectivity index (χ3v) is 0. The Balaban J connectivity index is 0. The molecule has 0 aliphatic rings. The molecule has 0 amide bonds. The molecule has 0 aromatic heterocycles. The van der Waals surface area contributed by atoms with E-state index in [4.69, 9.17) is 0 Å². The molecular formula is H5GdO4. The van der Waals surface area contributed by atoms with Crippen LogP contribution in [0.3, 0.4) is 0 Å². The van der Waals surface area contributed by atoms with Gasteiger partial charge < -0.3 is 21.9 Å². The van der Waals surface area contributed by atoms with Gasteiger partial charge >= 0.3 is 39.9 Å². The molecule has 1 radical (unpaired) electrons. The summed E-state index contributed by atoms with van der Waals surface area (Å²) in [5.74, 6) is 0. The van der Waals surface area contributed by atoms with Crippen LogP contribution in [0.4, 0.5) is 0 Å². The smallest absolute Gasteiger partial charge is 0.870 e. The third-order valence-electron chi connectivity index (χ3n) is 0. The average molecular weight is 226 g/mol. The summed E-state index contributed by atoms with van der Waals surface area (Å²) in [7, 11) is 0. The van der Waals surface area contributed by atoms with Crippen molar-refractivity contribution < 1.29 is 61.8 Å². The van der Waals surface area contributed by atoms with Crippen molar-refractivity contribution in [3.05, 3.63) is 0 Å². The maximum Gasteiger partial charge on any atom is 3.00 e. The van der Waals surface area contributed by atoms with Crippen molar-refractivity contribution in [2.75, 3.05) is 0 Å². The van der Waals surface area contributed by atoms with E-state index in [1.54, 1.807) is 0 Å². The SMILES string of the molecule is O.[Gd+3].[OH-].[OH-].[OH-]. The summed E-state index contributed by atoms with van der Waals surface area (Å²) in [6, 6.07) is 0. The zero-order valence-electron chi connectivity index (χ0n) is 2.20. The van der Waals surface area contributed by atoms with Crippen molar-refractivity contribution in [2.24, 2.45) is 0 Å². The van der Waals surface area contributed by atoms with Gasteiger partial charge in [0.15, 0.2) is 0 Å². The van der Waals surface area contributed by atoms with Crippen LogP contribution in [0, 0.1) is 39.9 Å². The fraction of sp³-hybridized carbons (Fsp3) is 0. The Hall–Kier alpha value is 1.16. The maximum absolute atomic E-state index is 0. The fourth-order valence-corrected chi connectivity index (χ4v) is 0. The molecule has 0 saturated heterocycles. The number of rotatable bonds is 0. The largest absolute Gasteiger partial charge is 3.00 e. The summed E-state index contributed by atoms with van der Waals surface area (Å²) < 4.78 is 0. The van der Waals surface area contributed by atoms with Crippen LogP contribution < -0.4 is 0 Å². The molecule has 0 aliphatic carbocycles. The fourth-order valence-electron chi connectivity index (χ4n) is 0.